The zero-order chi connectivity index (χ0) is 12.5. The van der Waals surface area contributed by atoms with Gasteiger partial charge in [-0.1, -0.05) is 0 Å². The Kier molecular flexibility index (Phi) is 4.00. The highest BCUT2D eigenvalue weighted by atomic mass is 35.5. The Bertz CT molecular complexity index is 295. The number of ketones is 1. The highest BCUT2D eigenvalue weighted by Gasteiger charge is 2.47. The van der Waals surface area contributed by atoms with Crippen molar-refractivity contribution in [3.05, 3.63) is 0 Å². The largest absolute Gasteiger partial charge is 0.380 e. The van der Waals surface area contributed by atoms with Gasteiger partial charge in [-0.05, 0) is 48.8 Å². The molecule has 2 nitrogen and oxygen atoms in total. The summed E-state index contributed by atoms with van der Waals surface area (Å²) < 4.78 is 31.4. The van der Waals surface area contributed by atoms with Crippen molar-refractivity contribution < 1.29 is 18.3 Å². The van der Waals surface area contributed by atoms with Crippen LogP contribution in [0, 0.1) is 5.92 Å². The molecule has 0 saturated carbocycles. The van der Waals surface area contributed by atoms with Crippen LogP contribution in [0.4, 0.5) is 8.78 Å². The first-order valence-corrected chi connectivity index (χ1v) is 7.29. The highest BCUT2D eigenvalue weighted by molar-refractivity contribution is 7.99. The van der Waals surface area contributed by atoms with Crippen LogP contribution in [-0.4, -0.2) is 34.9 Å². The summed E-state index contributed by atoms with van der Waals surface area (Å²) in [7, 11) is 0. The quantitative estimate of drug-likeness (QED) is 0.729. The first kappa shape index (κ1) is 13.6. The molecular weight excluding hydrogens is 270 g/mol. The molecule has 17 heavy (non-hydrogen) atoms. The second-order valence-corrected chi connectivity index (χ2v) is 6.40. The van der Waals surface area contributed by atoms with Crippen LogP contribution in [0.1, 0.15) is 25.7 Å². The Morgan fingerprint density at radius 1 is 1.41 bits per heavy atom. The van der Waals surface area contributed by atoms with E-state index in [-0.39, 0.29) is 5.60 Å². The number of rotatable bonds is 2. The molecule has 0 aromatic rings. The molecule has 0 aromatic heterocycles. The van der Waals surface area contributed by atoms with Gasteiger partial charge in [0.05, 0.1) is 5.60 Å². The van der Waals surface area contributed by atoms with Gasteiger partial charge in [0.25, 0.3) is 0 Å². The lowest BCUT2D eigenvalue weighted by atomic mass is 9.80. The topological polar surface area (TPSA) is 26.3 Å². The third kappa shape index (κ3) is 3.12. The molecule has 0 N–H and O–H groups in total. The summed E-state index contributed by atoms with van der Waals surface area (Å²) in [6.07, 6.45) is 2.44. The van der Waals surface area contributed by atoms with E-state index in [4.69, 9.17) is 16.3 Å². The van der Waals surface area contributed by atoms with Gasteiger partial charge in [-0.3, -0.25) is 4.79 Å². The molecule has 2 rings (SSSR count). The lowest BCUT2D eigenvalue weighted by Gasteiger charge is -2.43. The first-order chi connectivity index (χ1) is 7.93. The predicted molar refractivity (Wildman–Crippen MR) is 63.8 cm³/mol. The van der Waals surface area contributed by atoms with E-state index in [1.807, 2.05) is 11.8 Å². The minimum Gasteiger partial charge on any atom is -0.375 e. The smallest absolute Gasteiger partial charge is 0.375 e. The molecule has 0 aromatic carbocycles. The zero-order valence-corrected chi connectivity index (χ0v) is 11.0. The Morgan fingerprint density at radius 2 is 2.06 bits per heavy atom. The van der Waals surface area contributed by atoms with Crippen LogP contribution in [0.5, 0.6) is 0 Å². The molecule has 0 aliphatic carbocycles. The fraction of sp³-hybridized carbons (Fsp3) is 0.909. The standard InChI is InChI=1S/C11H15ClF2O2S/c12-11(13,14)9(15)8-1-4-16-10(7-8)2-5-17-6-3-10/h8H,1-7H2. The number of hydrogen-bond acceptors (Lipinski definition) is 3. The maximum Gasteiger partial charge on any atom is 0.380 e. The van der Waals surface area contributed by atoms with Gasteiger partial charge in [-0.25, -0.2) is 0 Å². The van der Waals surface area contributed by atoms with Crippen LogP contribution < -0.4 is 0 Å². The van der Waals surface area contributed by atoms with Gasteiger partial charge in [0.2, 0.25) is 5.78 Å². The molecule has 2 fully saturated rings. The molecule has 1 unspecified atom stereocenters. The van der Waals surface area contributed by atoms with Crippen LogP contribution >= 0.6 is 23.4 Å². The van der Waals surface area contributed by atoms with Gasteiger partial charge in [0.15, 0.2) is 0 Å². The van der Waals surface area contributed by atoms with Crippen molar-refractivity contribution in [2.75, 3.05) is 18.1 Å². The molecule has 2 aliphatic rings. The number of ether oxygens (including phenoxy) is 1. The minimum atomic E-state index is -3.73. The predicted octanol–water partition coefficient (Wildman–Crippen LogP) is 3.08. The van der Waals surface area contributed by atoms with Crippen molar-refractivity contribution in [1.29, 1.82) is 0 Å². The average molecular weight is 285 g/mol. The maximum atomic E-state index is 12.8. The Labute approximate surface area is 108 Å². The van der Waals surface area contributed by atoms with E-state index >= 15 is 0 Å². The summed E-state index contributed by atoms with van der Waals surface area (Å²) in [5.74, 6) is 0.149. The molecule has 98 valence electrons. The summed E-state index contributed by atoms with van der Waals surface area (Å²) in [4.78, 5) is 11.5. The van der Waals surface area contributed by atoms with Crippen LogP contribution in [0.3, 0.4) is 0 Å². The summed E-state index contributed by atoms with van der Waals surface area (Å²) >= 11 is 6.66. The molecule has 2 saturated heterocycles. The molecular formula is C11H15ClF2O2S. The first-order valence-electron chi connectivity index (χ1n) is 5.76. The van der Waals surface area contributed by atoms with Crippen LogP contribution in [0.15, 0.2) is 0 Å². The summed E-state index contributed by atoms with van der Waals surface area (Å²) in [6, 6.07) is 0. The SMILES string of the molecule is O=C(C1CCOC2(CCSCC2)C1)C(F)(F)Cl. The van der Waals surface area contributed by atoms with Gasteiger partial charge in [0.1, 0.15) is 0 Å². The molecule has 0 amide bonds. The second-order valence-electron chi connectivity index (χ2n) is 4.70. The number of thioether (sulfide) groups is 1. The molecule has 0 bridgehead atoms. The van der Waals surface area contributed by atoms with Crippen LogP contribution in [0.25, 0.3) is 0 Å². The highest BCUT2D eigenvalue weighted by Crippen LogP contribution is 2.41. The molecule has 1 spiro atoms. The van der Waals surface area contributed by atoms with E-state index in [1.165, 1.54) is 0 Å². The Morgan fingerprint density at radius 3 is 2.65 bits per heavy atom. The van der Waals surface area contributed by atoms with E-state index in [2.05, 4.69) is 0 Å². The number of hydrogen-bond donors (Lipinski definition) is 0. The number of halogens is 3. The lowest BCUT2D eigenvalue weighted by Crippen LogP contribution is -2.46. The van der Waals surface area contributed by atoms with Crippen LogP contribution in [-0.2, 0) is 9.53 Å². The fourth-order valence-electron chi connectivity index (χ4n) is 2.57. The monoisotopic (exact) mass is 284 g/mol. The van der Waals surface area contributed by atoms with Crippen molar-refractivity contribution in [3.63, 3.8) is 0 Å². The van der Waals surface area contributed by atoms with Crippen LogP contribution in [0.2, 0.25) is 0 Å². The maximum absolute atomic E-state index is 12.8. The lowest BCUT2D eigenvalue weighted by molar-refractivity contribution is -0.151. The van der Waals surface area contributed by atoms with Crippen molar-refractivity contribution >= 4 is 29.1 Å². The van der Waals surface area contributed by atoms with Crippen molar-refractivity contribution in [1.82, 2.24) is 0 Å². The van der Waals surface area contributed by atoms with E-state index in [0.29, 0.717) is 19.4 Å². The summed E-state index contributed by atoms with van der Waals surface area (Å²) in [5.41, 5.74) is -0.355. The summed E-state index contributed by atoms with van der Waals surface area (Å²) in [5, 5.41) is -3.73. The zero-order valence-electron chi connectivity index (χ0n) is 9.39. The van der Waals surface area contributed by atoms with Gasteiger partial charge in [0, 0.05) is 12.5 Å². The third-order valence-corrected chi connectivity index (χ3v) is 4.72. The molecule has 2 aliphatic heterocycles. The number of carbonyl (C=O) groups is 1. The minimum absolute atomic E-state index is 0.355. The van der Waals surface area contributed by atoms with E-state index < -0.39 is 17.1 Å². The molecule has 6 heteroatoms. The van der Waals surface area contributed by atoms with E-state index in [9.17, 15) is 13.6 Å². The Balaban J connectivity index is 2.04. The molecule has 1 atom stereocenters. The van der Waals surface area contributed by atoms with Crippen molar-refractivity contribution in [2.45, 2.75) is 36.7 Å². The third-order valence-electron chi connectivity index (χ3n) is 3.55. The van der Waals surface area contributed by atoms with E-state index in [1.54, 1.807) is 0 Å². The molecule has 0 radical (unpaired) electrons. The molecule has 2 heterocycles. The van der Waals surface area contributed by atoms with E-state index in [0.717, 1.165) is 24.3 Å². The number of alkyl halides is 3. The normalized spacial score (nSPS) is 29.2. The van der Waals surface area contributed by atoms with Gasteiger partial charge >= 0.3 is 5.38 Å². The second kappa shape index (κ2) is 5.02. The van der Waals surface area contributed by atoms with Gasteiger partial charge in [-0.15, -0.1) is 0 Å². The van der Waals surface area contributed by atoms with Gasteiger partial charge < -0.3 is 4.74 Å². The van der Waals surface area contributed by atoms with Gasteiger partial charge in [-0.2, -0.15) is 20.5 Å². The number of Topliss-reactive ketones (excluding diaryl/α,β-unsaturated/α-hetero) is 1. The summed E-state index contributed by atoms with van der Waals surface area (Å²) in [6.45, 7) is 0.383. The average Bonchev–Trinajstić information content (AvgIpc) is 2.28. The number of carbonyl (C=O) groups excluding carboxylic acids is 1. The Hall–Kier alpha value is 0.130. The van der Waals surface area contributed by atoms with Crippen molar-refractivity contribution in [2.24, 2.45) is 5.92 Å². The van der Waals surface area contributed by atoms with Crippen molar-refractivity contribution in [3.8, 4) is 0 Å². The fourth-order valence-corrected chi connectivity index (χ4v) is 3.97.